The normalized spacial score (nSPS) is 21.9. The molecule has 0 aliphatic carbocycles. The van der Waals surface area contributed by atoms with Gasteiger partial charge in [0.2, 0.25) is 5.91 Å². The van der Waals surface area contributed by atoms with Crippen LogP contribution in [0.25, 0.3) is 0 Å². The summed E-state index contributed by atoms with van der Waals surface area (Å²) in [5.74, 6) is -0.468. The average molecular weight is 228 g/mol. The highest BCUT2D eigenvalue weighted by molar-refractivity contribution is 5.88. The van der Waals surface area contributed by atoms with Crippen LogP contribution in [0.3, 0.4) is 0 Å². The van der Waals surface area contributed by atoms with Crippen LogP contribution in [0.15, 0.2) is 0 Å². The Bertz CT molecular complexity index is 268. The zero-order valence-electron chi connectivity index (χ0n) is 9.94. The van der Waals surface area contributed by atoms with E-state index in [-0.39, 0.29) is 11.9 Å². The molecule has 1 amide bonds. The van der Waals surface area contributed by atoms with Gasteiger partial charge in [-0.1, -0.05) is 13.3 Å². The quantitative estimate of drug-likeness (QED) is 0.701. The summed E-state index contributed by atoms with van der Waals surface area (Å²) in [4.78, 5) is 25.0. The van der Waals surface area contributed by atoms with Crippen LogP contribution in [-0.2, 0) is 14.3 Å². The summed E-state index contributed by atoms with van der Waals surface area (Å²) in [6.07, 6.45) is 3.04. The summed E-state index contributed by atoms with van der Waals surface area (Å²) in [5.41, 5.74) is 5.77. The van der Waals surface area contributed by atoms with Crippen LogP contribution < -0.4 is 5.73 Å². The maximum absolute atomic E-state index is 12.0. The number of carbonyl (C=O) groups is 2. The Morgan fingerprint density at radius 3 is 2.81 bits per heavy atom. The van der Waals surface area contributed by atoms with Crippen molar-refractivity contribution in [3.05, 3.63) is 0 Å². The first-order valence-corrected chi connectivity index (χ1v) is 5.75. The van der Waals surface area contributed by atoms with Crippen molar-refractivity contribution in [2.45, 2.75) is 44.7 Å². The van der Waals surface area contributed by atoms with Gasteiger partial charge in [-0.05, 0) is 19.3 Å². The molecule has 1 fully saturated rings. The SMILES string of the molecule is CCC[C@@H](N)C(=O)N1CCCC1C(=O)OC. The molecule has 2 N–H and O–H groups in total. The van der Waals surface area contributed by atoms with Crippen molar-refractivity contribution >= 4 is 11.9 Å². The molecule has 16 heavy (non-hydrogen) atoms. The van der Waals surface area contributed by atoms with Crippen LogP contribution in [0.4, 0.5) is 0 Å². The molecule has 1 rings (SSSR count). The highest BCUT2D eigenvalue weighted by atomic mass is 16.5. The molecule has 0 bridgehead atoms. The second-order valence-corrected chi connectivity index (χ2v) is 4.11. The zero-order valence-corrected chi connectivity index (χ0v) is 9.94. The Kier molecular flexibility index (Phi) is 4.73. The average Bonchev–Trinajstić information content (AvgIpc) is 2.76. The molecule has 0 radical (unpaired) electrons. The number of likely N-dealkylation sites (tertiary alicyclic amines) is 1. The van der Waals surface area contributed by atoms with Crippen LogP contribution in [-0.4, -0.2) is 42.5 Å². The van der Waals surface area contributed by atoms with E-state index in [0.29, 0.717) is 19.4 Å². The molecule has 1 aliphatic heterocycles. The Labute approximate surface area is 95.9 Å². The molecule has 1 heterocycles. The van der Waals surface area contributed by atoms with Crippen molar-refractivity contribution in [1.82, 2.24) is 4.90 Å². The van der Waals surface area contributed by atoms with E-state index in [1.807, 2.05) is 6.92 Å². The Hall–Kier alpha value is -1.10. The summed E-state index contributed by atoms with van der Waals surface area (Å²) in [6, 6.07) is -0.921. The van der Waals surface area contributed by atoms with Crippen molar-refractivity contribution in [2.24, 2.45) is 5.73 Å². The van der Waals surface area contributed by atoms with Gasteiger partial charge in [0, 0.05) is 6.54 Å². The number of nitrogens with two attached hydrogens (primary N) is 1. The molecule has 0 saturated carbocycles. The van der Waals surface area contributed by atoms with Gasteiger partial charge in [0.1, 0.15) is 6.04 Å². The van der Waals surface area contributed by atoms with Gasteiger partial charge < -0.3 is 15.4 Å². The fourth-order valence-electron chi connectivity index (χ4n) is 2.06. The number of carbonyl (C=O) groups excluding carboxylic acids is 2. The topological polar surface area (TPSA) is 72.6 Å². The summed E-state index contributed by atoms with van der Waals surface area (Å²) < 4.78 is 4.68. The zero-order chi connectivity index (χ0) is 12.1. The van der Waals surface area contributed by atoms with Gasteiger partial charge in [0.05, 0.1) is 13.2 Å². The molecular weight excluding hydrogens is 208 g/mol. The van der Waals surface area contributed by atoms with Crippen LogP contribution >= 0.6 is 0 Å². The lowest BCUT2D eigenvalue weighted by molar-refractivity contribution is -0.151. The van der Waals surface area contributed by atoms with Crippen LogP contribution in [0.2, 0.25) is 0 Å². The molecule has 5 heteroatoms. The summed E-state index contributed by atoms with van der Waals surface area (Å²) in [6.45, 7) is 2.59. The molecule has 0 aromatic heterocycles. The largest absolute Gasteiger partial charge is 0.467 e. The van der Waals surface area contributed by atoms with E-state index in [1.54, 1.807) is 4.90 Å². The molecule has 2 atom stereocenters. The van der Waals surface area contributed by atoms with Gasteiger partial charge in [0.25, 0.3) is 0 Å². The van der Waals surface area contributed by atoms with Crippen molar-refractivity contribution < 1.29 is 14.3 Å². The smallest absolute Gasteiger partial charge is 0.328 e. The summed E-state index contributed by atoms with van der Waals surface area (Å²) >= 11 is 0. The summed E-state index contributed by atoms with van der Waals surface area (Å²) in [5, 5.41) is 0. The molecule has 1 saturated heterocycles. The number of hydrogen-bond acceptors (Lipinski definition) is 4. The molecule has 0 aromatic carbocycles. The van der Waals surface area contributed by atoms with Crippen molar-refractivity contribution in [1.29, 1.82) is 0 Å². The fourth-order valence-corrected chi connectivity index (χ4v) is 2.06. The predicted molar refractivity (Wildman–Crippen MR) is 59.6 cm³/mol. The third-order valence-electron chi connectivity index (χ3n) is 2.93. The van der Waals surface area contributed by atoms with E-state index in [9.17, 15) is 9.59 Å². The van der Waals surface area contributed by atoms with E-state index >= 15 is 0 Å². The standard InChI is InChI=1S/C11H20N2O3/c1-3-5-8(12)10(14)13-7-4-6-9(13)11(15)16-2/h8-9H,3-7,12H2,1-2H3/t8-,9?/m1/s1. The van der Waals surface area contributed by atoms with Gasteiger partial charge in [-0.3, -0.25) is 4.79 Å². The molecule has 5 nitrogen and oxygen atoms in total. The predicted octanol–water partition coefficient (Wildman–Crippen LogP) is 0.278. The lowest BCUT2D eigenvalue weighted by Gasteiger charge is -2.25. The number of rotatable bonds is 4. The fraction of sp³-hybridized carbons (Fsp3) is 0.818. The van der Waals surface area contributed by atoms with Gasteiger partial charge in [-0.15, -0.1) is 0 Å². The highest BCUT2D eigenvalue weighted by Crippen LogP contribution is 2.19. The van der Waals surface area contributed by atoms with Gasteiger partial charge in [-0.25, -0.2) is 4.79 Å². The molecular formula is C11H20N2O3. The minimum atomic E-state index is -0.491. The van der Waals surface area contributed by atoms with E-state index in [1.165, 1.54) is 7.11 Å². The number of methoxy groups -OCH3 is 1. The van der Waals surface area contributed by atoms with Crippen molar-refractivity contribution in [3.63, 3.8) is 0 Å². The third-order valence-corrected chi connectivity index (χ3v) is 2.93. The second-order valence-electron chi connectivity index (χ2n) is 4.11. The van der Waals surface area contributed by atoms with E-state index in [0.717, 1.165) is 12.8 Å². The van der Waals surface area contributed by atoms with Crippen molar-refractivity contribution in [2.75, 3.05) is 13.7 Å². The minimum absolute atomic E-state index is 0.130. The van der Waals surface area contributed by atoms with E-state index in [2.05, 4.69) is 4.74 Å². The number of amides is 1. The van der Waals surface area contributed by atoms with Crippen molar-refractivity contribution in [3.8, 4) is 0 Å². The highest BCUT2D eigenvalue weighted by Gasteiger charge is 2.36. The Balaban J connectivity index is 2.64. The first kappa shape index (κ1) is 13.0. The Morgan fingerprint density at radius 2 is 2.25 bits per heavy atom. The van der Waals surface area contributed by atoms with Gasteiger partial charge >= 0.3 is 5.97 Å². The number of esters is 1. The maximum atomic E-state index is 12.0. The molecule has 1 aliphatic rings. The van der Waals surface area contributed by atoms with Crippen LogP contribution in [0.5, 0.6) is 0 Å². The number of hydrogen-bond donors (Lipinski definition) is 1. The van der Waals surface area contributed by atoms with E-state index in [4.69, 9.17) is 5.73 Å². The monoisotopic (exact) mass is 228 g/mol. The molecule has 92 valence electrons. The van der Waals surface area contributed by atoms with Crippen LogP contribution in [0, 0.1) is 0 Å². The molecule has 1 unspecified atom stereocenters. The number of nitrogens with zero attached hydrogens (tertiary/aromatic N) is 1. The molecule has 0 aromatic rings. The minimum Gasteiger partial charge on any atom is -0.467 e. The van der Waals surface area contributed by atoms with Gasteiger partial charge in [-0.2, -0.15) is 0 Å². The lowest BCUT2D eigenvalue weighted by atomic mass is 10.1. The second kappa shape index (κ2) is 5.84. The van der Waals surface area contributed by atoms with E-state index < -0.39 is 12.1 Å². The van der Waals surface area contributed by atoms with Crippen LogP contribution in [0.1, 0.15) is 32.6 Å². The summed E-state index contributed by atoms with van der Waals surface area (Å²) in [7, 11) is 1.34. The first-order chi connectivity index (χ1) is 7.61. The first-order valence-electron chi connectivity index (χ1n) is 5.75. The van der Waals surface area contributed by atoms with Gasteiger partial charge in [0.15, 0.2) is 0 Å². The lowest BCUT2D eigenvalue weighted by Crippen LogP contribution is -2.48. The maximum Gasteiger partial charge on any atom is 0.328 e. The Morgan fingerprint density at radius 1 is 1.56 bits per heavy atom. The number of ether oxygens (including phenoxy) is 1. The molecule has 0 spiro atoms. The third kappa shape index (κ3) is 2.72.